The summed E-state index contributed by atoms with van der Waals surface area (Å²) in [6.07, 6.45) is 43.6. The van der Waals surface area contributed by atoms with Crippen molar-refractivity contribution in [3.05, 3.63) is 0 Å². The van der Waals surface area contributed by atoms with E-state index in [-0.39, 0.29) is 0 Å². The smallest absolute Gasteiger partial charge is 0.0328 e. The van der Waals surface area contributed by atoms with E-state index in [9.17, 15) is 0 Å². The van der Waals surface area contributed by atoms with Crippen molar-refractivity contribution in [1.29, 1.82) is 0 Å². The average molecular weight is 1180 g/mol. The molecule has 12 aliphatic rings. The van der Waals surface area contributed by atoms with E-state index in [4.69, 9.17) is 0 Å². The van der Waals surface area contributed by atoms with Gasteiger partial charge in [-0.2, -0.15) is 0 Å². The predicted molar refractivity (Wildman–Crippen MR) is 386 cm³/mol. The molecule has 0 aromatic heterocycles. The SMILES string of the molecule is CC1CC(C)(C)C1.CC1CC(C)(C)C1.CC1CC(C)C1C.CC1CCC1(C)C.CC1C[C@H](C)C1C.CCC1(C)CCC1.CCC1(C)CCC1.CCC1CC(C)C1.CCC1CC(C)C1.CCC1CCC1C.CCC1CC[C@@H]1C.C[C@H]1CCC1(C)C. The zero-order valence-electron chi connectivity index (χ0n) is 64.6. The van der Waals surface area contributed by atoms with Gasteiger partial charge in [-0.3, -0.25) is 0 Å². The molecule has 504 valence electrons. The molecule has 0 N–H and O–H groups in total. The molecule has 0 aromatic carbocycles. The first-order valence-electron chi connectivity index (χ1n) is 38.8. The number of hydrogen-bond donors (Lipinski definition) is 0. The third-order valence-electron chi connectivity index (χ3n) is 27.4. The molecule has 0 amide bonds. The maximum atomic E-state index is 2.39. The van der Waals surface area contributed by atoms with Crippen LogP contribution in [0.25, 0.3) is 0 Å². The lowest BCUT2D eigenvalue weighted by molar-refractivity contribution is 0.0891. The monoisotopic (exact) mass is 1180 g/mol. The van der Waals surface area contributed by atoms with Gasteiger partial charge < -0.3 is 0 Å². The highest BCUT2D eigenvalue weighted by atomic mass is 14.4. The predicted octanol–water partition coefficient (Wildman–Crippen LogP) is 29.3. The Hall–Kier alpha value is 0. The topological polar surface area (TPSA) is 0 Å². The average Bonchev–Trinajstić information content (AvgIpc) is 3.39. The van der Waals surface area contributed by atoms with Crippen LogP contribution in [0.15, 0.2) is 0 Å². The summed E-state index contributed by atoms with van der Waals surface area (Å²) in [5.74, 6) is 18.6. The minimum atomic E-state index is 0.681. The highest BCUT2D eigenvalue weighted by molar-refractivity contribution is 4.88. The van der Waals surface area contributed by atoms with Crippen LogP contribution in [0, 0.1) is 139 Å². The summed E-state index contributed by atoms with van der Waals surface area (Å²) >= 11 is 0. The van der Waals surface area contributed by atoms with Gasteiger partial charge in [0.1, 0.15) is 0 Å². The largest absolute Gasteiger partial charge is 0.0651 e. The zero-order chi connectivity index (χ0) is 64.6. The van der Waals surface area contributed by atoms with Crippen molar-refractivity contribution in [2.24, 2.45) is 139 Å². The minimum absolute atomic E-state index is 0.681. The molecule has 8 unspecified atom stereocenters. The van der Waals surface area contributed by atoms with E-state index in [0.29, 0.717) is 21.7 Å². The van der Waals surface area contributed by atoms with Crippen molar-refractivity contribution in [3.63, 3.8) is 0 Å². The molecule has 0 radical (unpaired) electrons. The van der Waals surface area contributed by atoms with E-state index in [1.54, 1.807) is 0 Å². The van der Waals surface area contributed by atoms with E-state index in [2.05, 4.69) is 208 Å². The minimum Gasteiger partial charge on any atom is -0.0651 e. The molecule has 12 aliphatic carbocycles. The van der Waals surface area contributed by atoms with Gasteiger partial charge in [-0.15, -0.1) is 0 Å². The van der Waals surface area contributed by atoms with Gasteiger partial charge in [0.25, 0.3) is 0 Å². The molecule has 11 atom stereocenters. The first-order chi connectivity index (χ1) is 38.8. The highest BCUT2D eigenvalue weighted by Gasteiger charge is 2.37. The van der Waals surface area contributed by atoms with Crippen LogP contribution in [0.5, 0.6) is 0 Å². The number of hydrogen-bond acceptors (Lipinski definition) is 0. The van der Waals surface area contributed by atoms with E-state index in [1.165, 1.54) is 193 Å². The molecule has 0 aromatic rings. The Morgan fingerprint density at radius 3 is 0.560 bits per heavy atom. The Kier molecular flexibility index (Phi) is 37.8. The van der Waals surface area contributed by atoms with E-state index in [1.807, 2.05) is 0 Å². The number of rotatable bonds is 6. The standard InChI is InChI=1S/12C7H14/c2*1-6-4-7(2,3)5-6;2*1-6-4-5-7(6,2)3;2*1-5-4-6(2)7(5)3;2*1-3-7-4-6(2)5-7;2*1-3-7(2)5-4-6-7;2*1-3-7-5-4-6(7)2/h4*6H,4-5H2,1-3H3;2*5-7H,4H2,1-3H3;2*6-7H,3-5H2,1-2H3;2*3-6H2,1-2H3;2*6-7H,3-5H2,1-2H3/t;;6-;;5-,6?,7?;;;;;;6-,7?;/m..0.0.....0./s1. The van der Waals surface area contributed by atoms with Crippen molar-refractivity contribution in [1.82, 2.24) is 0 Å². The fraction of sp³-hybridized carbons (Fsp3) is 1.00. The molecular formula is C84H168. The fourth-order valence-corrected chi connectivity index (χ4v) is 16.2. The van der Waals surface area contributed by atoms with Gasteiger partial charge >= 0.3 is 0 Å². The Morgan fingerprint density at radius 2 is 0.548 bits per heavy atom. The molecular weight excluding hydrogens is 1010 g/mol. The molecule has 0 bridgehead atoms. The molecule has 12 fully saturated rings. The van der Waals surface area contributed by atoms with Crippen molar-refractivity contribution < 1.29 is 0 Å². The van der Waals surface area contributed by atoms with Crippen molar-refractivity contribution in [3.8, 4) is 0 Å². The molecule has 12 rings (SSSR count). The van der Waals surface area contributed by atoms with Crippen LogP contribution in [-0.2, 0) is 0 Å². The lowest BCUT2D eigenvalue weighted by Crippen LogP contribution is -2.31. The van der Waals surface area contributed by atoms with Crippen LogP contribution in [-0.4, -0.2) is 0 Å². The first kappa shape index (κ1) is 82.0. The molecule has 0 spiro atoms. The van der Waals surface area contributed by atoms with Gasteiger partial charge in [0.15, 0.2) is 0 Å². The molecule has 0 aliphatic heterocycles. The quantitative estimate of drug-likeness (QED) is 0.249. The lowest BCUT2D eigenvalue weighted by Gasteiger charge is -2.42. The van der Waals surface area contributed by atoms with Gasteiger partial charge in [-0.25, -0.2) is 0 Å². The van der Waals surface area contributed by atoms with Crippen LogP contribution in [0.3, 0.4) is 0 Å². The first-order valence-corrected chi connectivity index (χ1v) is 38.8. The summed E-state index contributed by atoms with van der Waals surface area (Å²) in [4.78, 5) is 0. The molecule has 84 heavy (non-hydrogen) atoms. The summed E-state index contributed by atoms with van der Waals surface area (Å²) in [5.41, 5.74) is 4.28. The Labute approximate surface area is 536 Å². The summed E-state index contributed by atoms with van der Waals surface area (Å²) in [7, 11) is 0. The summed E-state index contributed by atoms with van der Waals surface area (Å²) in [5, 5.41) is 0. The van der Waals surface area contributed by atoms with E-state index < -0.39 is 0 Å². The maximum absolute atomic E-state index is 2.39. The Balaban J connectivity index is 0.000000458. The molecule has 12 saturated carbocycles. The third kappa shape index (κ3) is 30.9. The lowest BCUT2D eigenvalue weighted by atomic mass is 9.64. The molecule has 0 heterocycles. The van der Waals surface area contributed by atoms with Crippen LogP contribution < -0.4 is 0 Å². The van der Waals surface area contributed by atoms with Gasteiger partial charge in [-0.05, 0) is 267 Å². The molecule has 0 nitrogen and oxygen atoms in total. The second-order valence-corrected chi connectivity index (χ2v) is 37.5. The second kappa shape index (κ2) is 38.8. The zero-order valence-corrected chi connectivity index (χ0v) is 64.6. The molecule has 0 saturated heterocycles. The van der Waals surface area contributed by atoms with Crippen LogP contribution >= 0.6 is 0 Å². The highest BCUT2D eigenvalue weighted by Crippen LogP contribution is 2.48. The summed E-state index contributed by atoms with van der Waals surface area (Å²) < 4.78 is 0. The van der Waals surface area contributed by atoms with Crippen molar-refractivity contribution >= 4 is 0 Å². The Bertz CT molecular complexity index is 1440. The summed E-state index contributed by atoms with van der Waals surface area (Å²) in [6.45, 7) is 70.0. The van der Waals surface area contributed by atoms with Gasteiger partial charge in [0.05, 0.1) is 0 Å². The van der Waals surface area contributed by atoms with Gasteiger partial charge in [0, 0.05) is 0 Å². The van der Waals surface area contributed by atoms with Crippen LogP contribution in [0.4, 0.5) is 0 Å². The van der Waals surface area contributed by atoms with E-state index in [0.717, 1.165) is 117 Å². The normalized spacial score (nSPS) is 37.5. The van der Waals surface area contributed by atoms with Crippen LogP contribution in [0.1, 0.15) is 400 Å². The van der Waals surface area contributed by atoms with Gasteiger partial charge in [-0.1, -0.05) is 272 Å². The van der Waals surface area contributed by atoms with Gasteiger partial charge in [0.2, 0.25) is 0 Å². The second-order valence-electron chi connectivity index (χ2n) is 37.5. The third-order valence-corrected chi connectivity index (χ3v) is 27.4. The van der Waals surface area contributed by atoms with E-state index >= 15 is 0 Å². The van der Waals surface area contributed by atoms with Crippen LogP contribution in [0.2, 0.25) is 0 Å². The van der Waals surface area contributed by atoms with Crippen molar-refractivity contribution in [2.75, 3.05) is 0 Å². The molecule has 0 heteroatoms. The Morgan fingerprint density at radius 1 is 0.286 bits per heavy atom. The summed E-state index contributed by atoms with van der Waals surface area (Å²) in [6, 6.07) is 0. The maximum Gasteiger partial charge on any atom is -0.0328 e. The fourth-order valence-electron chi connectivity index (χ4n) is 16.2. The van der Waals surface area contributed by atoms with Crippen molar-refractivity contribution in [2.45, 2.75) is 400 Å².